The zero-order valence-electron chi connectivity index (χ0n) is 21.4. The van der Waals surface area contributed by atoms with Crippen LogP contribution in [0.1, 0.15) is 54.5 Å². The van der Waals surface area contributed by atoms with Crippen molar-refractivity contribution in [3.8, 4) is 11.8 Å². The van der Waals surface area contributed by atoms with Crippen molar-refractivity contribution in [3.63, 3.8) is 0 Å². The second-order valence-electron chi connectivity index (χ2n) is 11.0. The molecule has 2 aromatic rings. The van der Waals surface area contributed by atoms with Crippen LogP contribution in [-0.4, -0.2) is 73.7 Å². The SMILES string of the molecule is COC[C@H]1CNCCN1c1nc(OC[C@@H]2CCCN2)nc2c1CCC1(CCCc3ccc(O)cc31)C2. The Bertz CT molecular complexity index is 1090. The average Bonchev–Trinajstić information content (AvgIpc) is 3.42. The molecule has 2 aliphatic carbocycles. The van der Waals surface area contributed by atoms with Gasteiger partial charge in [0.15, 0.2) is 0 Å². The molecule has 0 bridgehead atoms. The van der Waals surface area contributed by atoms with Crippen LogP contribution in [0.2, 0.25) is 0 Å². The van der Waals surface area contributed by atoms with Crippen LogP contribution < -0.4 is 20.3 Å². The lowest BCUT2D eigenvalue weighted by Crippen LogP contribution is -2.54. The van der Waals surface area contributed by atoms with E-state index in [1.807, 2.05) is 12.1 Å². The van der Waals surface area contributed by atoms with Crippen molar-refractivity contribution in [2.75, 3.05) is 51.4 Å². The van der Waals surface area contributed by atoms with Gasteiger partial charge in [-0.2, -0.15) is 9.97 Å². The number of nitrogens with one attached hydrogen (secondary N) is 2. The minimum absolute atomic E-state index is 0.0185. The molecule has 8 heteroatoms. The lowest BCUT2D eigenvalue weighted by molar-refractivity contribution is 0.169. The van der Waals surface area contributed by atoms with Gasteiger partial charge in [0.25, 0.3) is 0 Å². The number of nitrogens with zero attached hydrogens (tertiary/aromatic N) is 3. The molecule has 36 heavy (non-hydrogen) atoms. The van der Waals surface area contributed by atoms with E-state index < -0.39 is 0 Å². The van der Waals surface area contributed by atoms with Crippen molar-refractivity contribution in [2.45, 2.75) is 68.9 Å². The molecule has 2 saturated heterocycles. The van der Waals surface area contributed by atoms with Crippen molar-refractivity contribution < 1.29 is 14.6 Å². The summed E-state index contributed by atoms with van der Waals surface area (Å²) in [5.41, 5.74) is 5.10. The molecular formula is C28H39N5O3. The molecule has 194 valence electrons. The van der Waals surface area contributed by atoms with E-state index in [4.69, 9.17) is 19.4 Å². The van der Waals surface area contributed by atoms with Crippen LogP contribution in [0.3, 0.4) is 0 Å². The highest BCUT2D eigenvalue weighted by Gasteiger charge is 2.42. The first-order valence-corrected chi connectivity index (χ1v) is 13.7. The first-order valence-electron chi connectivity index (χ1n) is 13.7. The van der Waals surface area contributed by atoms with Crippen molar-refractivity contribution in [1.29, 1.82) is 0 Å². The summed E-state index contributed by atoms with van der Waals surface area (Å²) >= 11 is 0. The smallest absolute Gasteiger partial charge is 0.318 e. The normalized spacial score (nSPS) is 27.6. The number of aromatic nitrogens is 2. The third-order valence-corrected chi connectivity index (χ3v) is 8.73. The summed E-state index contributed by atoms with van der Waals surface area (Å²) in [6, 6.07) is 7.05. The number of phenolic OH excluding ortho intramolecular Hbond substituents is 1. The number of hydrogen-bond donors (Lipinski definition) is 3. The van der Waals surface area contributed by atoms with Crippen LogP contribution in [0.4, 0.5) is 5.82 Å². The molecule has 2 fully saturated rings. The summed E-state index contributed by atoms with van der Waals surface area (Å²) in [7, 11) is 1.77. The maximum absolute atomic E-state index is 10.3. The van der Waals surface area contributed by atoms with Crippen molar-refractivity contribution in [2.24, 2.45) is 0 Å². The zero-order valence-corrected chi connectivity index (χ0v) is 21.4. The third-order valence-electron chi connectivity index (χ3n) is 8.73. The van der Waals surface area contributed by atoms with E-state index in [2.05, 4.69) is 21.6 Å². The summed E-state index contributed by atoms with van der Waals surface area (Å²) in [6.45, 7) is 5.01. The summed E-state index contributed by atoms with van der Waals surface area (Å²) in [6.07, 6.45) is 8.58. The fourth-order valence-electron chi connectivity index (χ4n) is 6.90. The molecule has 1 spiro atoms. The predicted octanol–water partition coefficient (Wildman–Crippen LogP) is 2.50. The average molecular weight is 494 g/mol. The van der Waals surface area contributed by atoms with E-state index >= 15 is 0 Å². The van der Waals surface area contributed by atoms with E-state index in [0.29, 0.717) is 31.0 Å². The van der Waals surface area contributed by atoms with Crippen LogP contribution in [0, 0.1) is 0 Å². The highest BCUT2D eigenvalue weighted by Crippen LogP contribution is 2.48. The molecule has 6 rings (SSSR count). The number of rotatable bonds is 6. The second kappa shape index (κ2) is 10.1. The van der Waals surface area contributed by atoms with Gasteiger partial charge in [-0.15, -0.1) is 0 Å². The number of aryl methyl sites for hydroxylation is 1. The van der Waals surface area contributed by atoms with Gasteiger partial charge in [-0.25, -0.2) is 0 Å². The van der Waals surface area contributed by atoms with Gasteiger partial charge in [-0.1, -0.05) is 6.07 Å². The van der Waals surface area contributed by atoms with Gasteiger partial charge >= 0.3 is 6.01 Å². The van der Waals surface area contributed by atoms with Gasteiger partial charge < -0.3 is 30.1 Å². The Labute approximate surface area is 213 Å². The van der Waals surface area contributed by atoms with Gasteiger partial charge in [0.1, 0.15) is 18.2 Å². The standard InChI is InChI=1S/C28H39N5O3/c1-35-18-21-16-29-12-13-33(21)26-23-8-10-28(9-2-4-19-6-7-22(34)14-24(19)28)15-25(23)31-27(32-26)36-17-20-5-3-11-30-20/h6-7,14,20-21,29-30,34H,2-5,8-13,15-18H2,1H3/t20-,21+,28?/m0/s1. The second-order valence-corrected chi connectivity index (χ2v) is 11.0. The Kier molecular flexibility index (Phi) is 6.75. The van der Waals surface area contributed by atoms with Crippen LogP contribution in [-0.2, 0) is 29.4 Å². The molecule has 3 heterocycles. The molecular weight excluding hydrogens is 454 g/mol. The highest BCUT2D eigenvalue weighted by molar-refractivity contribution is 5.55. The number of aromatic hydroxyl groups is 1. The van der Waals surface area contributed by atoms with Crippen molar-refractivity contribution in [1.82, 2.24) is 20.6 Å². The van der Waals surface area contributed by atoms with E-state index in [-0.39, 0.29) is 11.5 Å². The number of phenols is 1. The summed E-state index contributed by atoms with van der Waals surface area (Å²) in [5.74, 6) is 1.39. The summed E-state index contributed by atoms with van der Waals surface area (Å²) in [4.78, 5) is 12.5. The van der Waals surface area contributed by atoms with Crippen LogP contribution in [0.5, 0.6) is 11.8 Å². The minimum Gasteiger partial charge on any atom is -0.508 e. The van der Waals surface area contributed by atoms with E-state index in [0.717, 1.165) is 76.2 Å². The molecule has 1 aromatic heterocycles. The molecule has 3 N–H and O–H groups in total. The van der Waals surface area contributed by atoms with Gasteiger partial charge in [0.2, 0.25) is 0 Å². The molecule has 1 aromatic carbocycles. The predicted molar refractivity (Wildman–Crippen MR) is 139 cm³/mol. The fraction of sp³-hybridized carbons (Fsp3) is 0.643. The Morgan fingerprint density at radius 2 is 2.08 bits per heavy atom. The Balaban J connectivity index is 1.37. The molecule has 1 unspecified atom stereocenters. The maximum atomic E-state index is 10.3. The maximum Gasteiger partial charge on any atom is 0.318 e. The number of anilines is 1. The topological polar surface area (TPSA) is 91.8 Å². The van der Waals surface area contributed by atoms with Crippen molar-refractivity contribution in [3.05, 3.63) is 40.6 Å². The van der Waals surface area contributed by atoms with Gasteiger partial charge in [0, 0.05) is 43.8 Å². The quantitative estimate of drug-likeness (QED) is 0.566. The zero-order chi connectivity index (χ0) is 24.5. The lowest BCUT2D eigenvalue weighted by Gasteiger charge is -2.44. The number of piperazine rings is 1. The largest absolute Gasteiger partial charge is 0.508 e. The molecule has 2 aliphatic heterocycles. The Hall–Kier alpha value is -2.42. The molecule has 4 aliphatic rings. The van der Waals surface area contributed by atoms with Crippen molar-refractivity contribution >= 4 is 5.82 Å². The van der Waals surface area contributed by atoms with Crippen LogP contribution in [0.25, 0.3) is 0 Å². The van der Waals surface area contributed by atoms with E-state index in [1.54, 1.807) is 7.11 Å². The van der Waals surface area contributed by atoms with E-state index in [9.17, 15) is 5.11 Å². The minimum atomic E-state index is 0.0185. The number of methoxy groups -OCH3 is 1. The molecule has 0 saturated carbocycles. The van der Waals surface area contributed by atoms with Crippen LogP contribution >= 0.6 is 0 Å². The van der Waals surface area contributed by atoms with E-state index in [1.165, 1.54) is 29.5 Å². The van der Waals surface area contributed by atoms with Gasteiger partial charge in [0.05, 0.1) is 18.3 Å². The molecule has 0 amide bonds. The molecule has 8 nitrogen and oxygen atoms in total. The number of hydrogen-bond acceptors (Lipinski definition) is 8. The third kappa shape index (κ3) is 4.55. The Morgan fingerprint density at radius 3 is 2.94 bits per heavy atom. The Morgan fingerprint density at radius 1 is 1.14 bits per heavy atom. The fourth-order valence-corrected chi connectivity index (χ4v) is 6.90. The van der Waals surface area contributed by atoms with Gasteiger partial charge in [-0.3, -0.25) is 0 Å². The molecule has 3 atom stereocenters. The van der Waals surface area contributed by atoms with Gasteiger partial charge in [-0.05, 0) is 81.2 Å². The number of ether oxygens (including phenoxy) is 2. The number of fused-ring (bicyclic) bond motifs is 3. The summed E-state index contributed by atoms with van der Waals surface area (Å²) in [5, 5.41) is 17.4. The first-order chi connectivity index (χ1) is 17.6. The molecule has 0 radical (unpaired) electrons. The monoisotopic (exact) mass is 493 g/mol. The highest BCUT2D eigenvalue weighted by atomic mass is 16.5. The first kappa shape index (κ1) is 23.9. The lowest BCUT2D eigenvalue weighted by atomic mass is 9.62. The van der Waals surface area contributed by atoms with Crippen LogP contribution in [0.15, 0.2) is 18.2 Å². The summed E-state index contributed by atoms with van der Waals surface area (Å²) < 4.78 is 11.8. The number of benzene rings is 1.